The van der Waals surface area contributed by atoms with Crippen molar-refractivity contribution in [3.05, 3.63) is 48.3 Å². The van der Waals surface area contributed by atoms with Crippen LogP contribution in [0.3, 0.4) is 0 Å². The van der Waals surface area contributed by atoms with Crippen molar-refractivity contribution in [1.82, 2.24) is 9.97 Å². The Labute approximate surface area is 150 Å². The lowest BCUT2D eigenvalue weighted by molar-refractivity contribution is 0.203. The Kier molecular flexibility index (Phi) is 4.42. The van der Waals surface area contributed by atoms with Gasteiger partial charge >= 0.3 is 0 Å². The number of anilines is 1. The van der Waals surface area contributed by atoms with Crippen LogP contribution in [0.2, 0.25) is 0 Å². The van der Waals surface area contributed by atoms with E-state index in [0.29, 0.717) is 34.0 Å². The molecule has 4 rings (SSSR count). The summed E-state index contributed by atoms with van der Waals surface area (Å²) in [6.45, 7) is 1.68. The molecule has 0 radical (unpaired) electrons. The third-order valence-corrected chi connectivity index (χ3v) is 4.95. The van der Waals surface area contributed by atoms with E-state index in [1.54, 1.807) is 24.3 Å². The average Bonchev–Trinajstić information content (AvgIpc) is 2.68. The number of aromatic nitrogens is 2. The molecule has 0 amide bonds. The van der Waals surface area contributed by atoms with Crippen molar-refractivity contribution in [2.75, 3.05) is 24.6 Å². The van der Waals surface area contributed by atoms with Crippen molar-refractivity contribution in [1.29, 1.82) is 0 Å². The summed E-state index contributed by atoms with van der Waals surface area (Å²) in [5.74, 6) is 1.17. The summed E-state index contributed by atoms with van der Waals surface area (Å²) in [7, 11) is 0. The molecule has 0 unspecified atom stereocenters. The Balaban J connectivity index is 1.84. The Bertz CT molecular complexity index is 939. The molecule has 2 heterocycles. The molecule has 0 atom stereocenters. The van der Waals surface area contributed by atoms with Crippen LogP contribution in [0, 0.1) is 11.7 Å². The first kappa shape index (κ1) is 16.7. The molecule has 6 heteroatoms. The normalized spacial score (nSPS) is 15.5. The zero-order chi connectivity index (χ0) is 18.1. The summed E-state index contributed by atoms with van der Waals surface area (Å²) in [6.07, 6.45) is 1.73. The number of piperidine rings is 1. The van der Waals surface area contributed by atoms with E-state index in [-0.39, 0.29) is 18.2 Å². The van der Waals surface area contributed by atoms with E-state index in [9.17, 15) is 14.6 Å². The van der Waals surface area contributed by atoms with Gasteiger partial charge in [-0.05, 0) is 49.1 Å². The van der Waals surface area contributed by atoms with Crippen LogP contribution >= 0.6 is 0 Å². The van der Waals surface area contributed by atoms with Gasteiger partial charge in [-0.3, -0.25) is 0 Å². The Morgan fingerprint density at radius 2 is 1.85 bits per heavy atom. The van der Waals surface area contributed by atoms with Crippen LogP contribution in [0.1, 0.15) is 12.8 Å². The lowest BCUT2D eigenvalue weighted by Gasteiger charge is -2.32. The molecule has 1 aliphatic rings. The number of phenols is 1. The lowest BCUT2D eigenvalue weighted by atomic mass is 9.97. The zero-order valence-electron chi connectivity index (χ0n) is 14.3. The Hall–Kier alpha value is -2.73. The van der Waals surface area contributed by atoms with E-state index >= 15 is 0 Å². The topological polar surface area (TPSA) is 69.5 Å². The number of fused-ring (bicyclic) bond motifs is 1. The van der Waals surface area contributed by atoms with Gasteiger partial charge in [0.1, 0.15) is 17.4 Å². The molecule has 0 saturated carbocycles. The molecule has 134 valence electrons. The molecule has 2 aromatic carbocycles. The maximum Gasteiger partial charge on any atom is 0.165 e. The molecular formula is C20H20FN3O2. The van der Waals surface area contributed by atoms with Gasteiger partial charge in [-0.2, -0.15) is 0 Å². The highest BCUT2D eigenvalue weighted by Crippen LogP contribution is 2.33. The monoisotopic (exact) mass is 353 g/mol. The third kappa shape index (κ3) is 3.08. The second-order valence-corrected chi connectivity index (χ2v) is 6.66. The first-order valence-electron chi connectivity index (χ1n) is 8.77. The fraction of sp³-hybridized carbons (Fsp3) is 0.300. The summed E-state index contributed by atoms with van der Waals surface area (Å²) in [4.78, 5) is 11.3. The maximum atomic E-state index is 13.8. The van der Waals surface area contributed by atoms with Gasteiger partial charge in [-0.15, -0.1) is 0 Å². The predicted molar refractivity (Wildman–Crippen MR) is 98.6 cm³/mol. The van der Waals surface area contributed by atoms with Gasteiger partial charge in [0.05, 0.1) is 11.1 Å². The smallest absolute Gasteiger partial charge is 0.165 e. The molecule has 5 nitrogen and oxygen atoms in total. The van der Waals surface area contributed by atoms with Crippen LogP contribution in [0.5, 0.6) is 5.75 Å². The number of rotatable bonds is 3. The van der Waals surface area contributed by atoms with Crippen molar-refractivity contribution < 1.29 is 14.6 Å². The molecule has 0 spiro atoms. The second-order valence-electron chi connectivity index (χ2n) is 6.66. The van der Waals surface area contributed by atoms with Crippen molar-refractivity contribution in [2.45, 2.75) is 12.8 Å². The molecule has 1 fully saturated rings. The summed E-state index contributed by atoms with van der Waals surface area (Å²) < 4.78 is 13.8. The van der Waals surface area contributed by atoms with E-state index in [0.717, 1.165) is 25.9 Å². The molecule has 1 saturated heterocycles. The number of nitrogens with zero attached hydrogens (tertiary/aromatic N) is 3. The highest BCUT2D eigenvalue weighted by Gasteiger charge is 2.23. The van der Waals surface area contributed by atoms with Gasteiger partial charge < -0.3 is 15.1 Å². The molecule has 3 aromatic rings. The van der Waals surface area contributed by atoms with Crippen LogP contribution in [0.4, 0.5) is 10.2 Å². The highest BCUT2D eigenvalue weighted by atomic mass is 19.1. The first-order valence-corrected chi connectivity index (χ1v) is 8.77. The fourth-order valence-electron chi connectivity index (χ4n) is 3.44. The largest absolute Gasteiger partial charge is 0.507 e. The van der Waals surface area contributed by atoms with E-state index < -0.39 is 0 Å². The van der Waals surface area contributed by atoms with Gasteiger partial charge in [-0.25, -0.2) is 14.4 Å². The van der Waals surface area contributed by atoms with Crippen molar-refractivity contribution in [3.8, 4) is 17.1 Å². The zero-order valence-corrected chi connectivity index (χ0v) is 14.3. The van der Waals surface area contributed by atoms with Crippen molar-refractivity contribution in [2.24, 2.45) is 5.92 Å². The number of aliphatic hydroxyl groups is 1. The molecule has 2 N–H and O–H groups in total. The fourth-order valence-corrected chi connectivity index (χ4v) is 3.44. The molecule has 26 heavy (non-hydrogen) atoms. The average molecular weight is 353 g/mol. The quantitative estimate of drug-likeness (QED) is 0.756. The summed E-state index contributed by atoms with van der Waals surface area (Å²) >= 11 is 0. The molecule has 0 bridgehead atoms. The van der Waals surface area contributed by atoms with Crippen LogP contribution < -0.4 is 4.90 Å². The standard InChI is InChI=1S/C20H20FN3O2/c21-14-5-6-17-16(11-14)20(24-9-7-13(12-25)8-10-24)23-19(22-17)15-3-1-2-4-18(15)26/h1-6,11,13,25-26H,7-10,12H2. The number of benzene rings is 2. The number of hydrogen-bond acceptors (Lipinski definition) is 5. The molecule has 1 aliphatic heterocycles. The number of hydrogen-bond donors (Lipinski definition) is 2. The number of aromatic hydroxyl groups is 1. The van der Waals surface area contributed by atoms with E-state index in [1.165, 1.54) is 12.1 Å². The summed E-state index contributed by atoms with van der Waals surface area (Å²) in [6, 6.07) is 11.4. The van der Waals surface area contributed by atoms with Crippen LogP contribution in [0.25, 0.3) is 22.3 Å². The van der Waals surface area contributed by atoms with Gasteiger partial charge in [0.15, 0.2) is 5.82 Å². The van der Waals surface area contributed by atoms with Crippen LogP contribution in [-0.2, 0) is 0 Å². The lowest BCUT2D eigenvalue weighted by Crippen LogP contribution is -2.35. The number of halogens is 1. The molecular weight excluding hydrogens is 333 g/mol. The number of aliphatic hydroxyl groups excluding tert-OH is 1. The molecule has 0 aliphatic carbocycles. The summed E-state index contributed by atoms with van der Waals surface area (Å²) in [5.41, 5.74) is 1.18. The third-order valence-electron chi connectivity index (χ3n) is 4.95. The number of para-hydroxylation sites is 1. The minimum Gasteiger partial charge on any atom is -0.507 e. The summed E-state index contributed by atoms with van der Waals surface area (Å²) in [5, 5.41) is 20.2. The Morgan fingerprint density at radius 3 is 2.58 bits per heavy atom. The first-order chi connectivity index (χ1) is 12.7. The van der Waals surface area contributed by atoms with Crippen molar-refractivity contribution in [3.63, 3.8) is 0 Å². The maximum absolute atomic E-state index is 13.8. The van der Waals surface area contributed by atoms with Crippen molar-refractivity contribution >= 4 is 16.7 Å². The number of phenolic OH excluding ortho intramolecular Hbond substituents is 1. The van der Waals surface area contributed by atoms with E-state index in [4.69, 9.17) is 0 Å². The van der Waals surface area contributed by atoms with Gasteiger partial charge in [-0.1, -0.05) is 12.1 Å². The molecule has 1 aromatic heterocycles. The van der Waals surface area contributed by atoms with Gasteiger partial charge in [0.2, 0.25) is 0 Å². The van der Waals surface area contributed by atoms with E-state index in [1.807, 2.05) is 6.07 Å². The SMILES string of the molecule is OCC1CCN(c2nc(-c3ccccc3O)nc3ccc(F)cc23)CC1. The second kappa shape index (κ2) is 6.88. The van der Waals surface area contributed by atoms with Gasteiger partial charge in [0, 0.05) is 25.1 Å². The highest BCUT2D eigenvalue weighted by molar-refractivity contribution is 5.91. The van der Waals surface area contributed by atoms with E-state index in [2.05, 4.69) is 14.9 Å². The minimum atomic E-state index is -0.331. The predicted octanol–water partition coefficient (Wildman–Crippen LogP) is 3.35. The van der Waals surface area contributed by atoms with Crippen LogP contribution in [0.15, 0.2) is 42.5 Å². The van der Waals surface area contributed by atoms with Gasteiger partial charge in [0.25, 0.3) is 0 Å². The Morgan fingerprint density at radius 1 is 1.08 bits per heavy atom. The van der Waals surface area contributed by atoms with Crippen LogP contribution in [-0.4, -0.2) is 39.9 Å². The minimum absolute atomic E-state index is 0.110.